The monoisotopic (exact) mass is 420 g/mol. The highest BCUT2D eigenvalue weighted by Gasteiger charge is 2.43. The van der Waals surface area contributed by atoms with Crippen molar-refractivity contribution in [2.45, 2.75) is 43.7 Å². The van der Waals surface area contributed by atoms with Crippen molar-refractivity contribution >= 4 is 12.1 Å². The van der Waals surface area contributed by atoms with E-state index in [1.165, 1.54) is 22.4 Å². The molecule has 2 saturated heterocycles. The standard InChI is InChI=1S/C25H28N2O4/c28-24(29)23-14-17(26-12-6-1-7-13-26)15-27(23)25(30)31-16-22-20-10-4-2-8-18(20)19-9-3-5-11-21(19)22/h2-5,8-11,17,22-23H,1,6-7,12-16H2,(H,28,29)/t17?,23-/m0/s1. The van der Waals surface area contributed by atoms with Gasteiger partial charge in [-0.3, -0.25) is 9.80 Å². The Balaban J connectivity index is 1.30. The van der Waals surface area contributed by atoms with Gasteiger partial charge in [0.15, 0.2) is 0 Å². The van der Waals surface area contributed by atoms with Crippen LogP contribution in [0.2, 0.25) is 0 Å². The van der Waals surface area contributed by atoms with Crippen LogP contribution in [0.15, 0.2) is 48.5 Å². The fraction of sp³-hybridized carbons (Fsp3) is 0.440. The Morgan fingerprint density at radius 3 is 2.16 bits per heavy atom. The molecule has 2 aromatic carbocycles. The SMILES string of the molecule is O=C(O)[C@@H]1CC(N2CCCCC2)CN1C(=O)OCC1c2ccccc2-c2ccccc21. The quantitative estimate of drug-likeness (QED) is 0.811. The Bertz CT molecular complexity index is 939. The number of benzene rings is 2. The number of ether oxygens (including phenoxy) is 1. The molecule has 0 bridgehead atoms. The molecule has 1 unspecified atom stereocenters. The molecule has 0 saturated carbocycles. The molecule has 5 rings (SSSR count). The molecule has 0 spiro atoms. The number of amides is 1. The highest BCUT2D eigenvalue weighted by atomic mass is 16.6. The van der Waals surface area contributed by atoms with Crippen molar-refractivity contribution < 1.29 is 19.4 Å². The van der Waals surface area contributed by atoms with E-state index in [1.54, 1.807) is 0 Å². The first-order valence-electron chi connectivity index (χ1n) is 11.2. The first-order chi connectivity index (χ1) is 15.1. The summed E-state index contributed by atoms with van der Waals surface area (Å²) in [6.07, 6.45) is 3.45. The van der Waals surface area contributed by atoms with Crippen LogP contribution in [0.25, 0.3) is 11.1 Å². The van der Waals surface area contributed by atoms with E-state index in [-0.39, 0.29) is 18.6 Å². The van der Waals surface area contributed by atoms with Gasteiger partial charge in [-0.25, -0.2) is 9.59 Å². The second-order valence-electron chi connectivity index (χ2n) is 8.80. The maximum atomic E-state index is 13.0. The maximum absolute atomic E-state index is 13.0. The van der Waals surface area contributed by atoms with Gasteiger partial charge < -0.3 is 9.84 Å². The number of carbonyl (C=O) groups excluding carboxylic acids is 1. The van der Waals surface area contributed by atoms with Crippen molar-refractivity contribution in [2.75, 3.05) is 26.2 Å². The van der Waals surface area contributed by atoms with E-state index in [0.29, 0.717) is 13.0 Å². The number of carboxylic acids is 1. The van der Waals surface area contributed by atoms with Crippen molar-refractivity contribution in [1.82, 2.24) is 9.80 Å². The van der Waals surface area contributed by atoms with Gasteiger partial charge in [0.2, 0.25) is 0 Å². The molecule has 0 radical (unpaired) electrons. The molecule has 0 aromatic heterocycles. The topological polar surface area (TPSA) is 70.1 Å². The maximum Gasteiger partial charge on any atom is 0.410 e. The normalized spacial score (nSPS) is 23.4. The third kappa shape index (κ3) is 3.69. The summed E-state index contributed by atoms with van der Waals surface area (Å²) in [5, 5.41) is 9.72. The van der Waals surface area contributed by atoms with Crippen LogP contribution in [0.5, 0.6) is 0 Å². The number of nitrogens with zero attached hydrogens (tertiary/aromatic N) is 2. The summed E-state index contributed by atoms with van der Waals surface area (Å²) in [6, 6.07) is 15.7. The van der Waals surface area contributed by atoms with Crippen molar-refractivity contribution in [3.05, 3.63) is 59.7 Å². The van der Waals surface area contributed by atoms with E-state index in [2.05, 4.69) is 29.2 Å². The third-order valence-corrected chi connectivity index (χ3v) is 7.04. The molecule has 162 valence electrons. The Hall–Kier alpha value is -2.86. The van der Waals surface area contributed by atoms with E-state index in [4.69, 9.17) is 4.74 Å². The second kappa shape index (κ2) is 8.35. The van der Waals surface area contributed by atoms with E-state index >= 15 is 0 Å². The summed E-state index contributed by atoms with van der Waals surface area (Å²) in [7, 11) is 0. The lowest BCUT2D eigenvalue weighted by molar-refractivity contribution is -0.141. The Kier molecular flexibility index (Phi) is 5.40. The second-order valence-corrected chi connectivity index (χ2v) is 8.80. The molecule has 3 aliphatic rings. The number of carboxylic acid groups (broad SMARTS) is 1. The number of likely N-dealkylation sites (tertiary alicyclic amines) is 2. The summed E-state index contributed by atoms with van der Waals surface area (Å²) in [5.74, 6) is -0.979. The molecule has 6 heteroatoms. The largest absolute Gasteiger partial charge is 0.480 e. The molecule has 2 atom stereocenters. The number of piperidine rings is 1. The smallest absolute Gasteiger partial charge is 0.410 e. The molecular formula is C25H28N2O4. The molecule has 1 N–H and O–H groups in total. The number of carbonyl (C=O) groups is 2. The van der Waals surface area contributed by atoms with E-state index < -0.39 is 18.1 Å². The molecule has 1 amide bonds. The Morgan fingerprint density at radius 1 is 0.935 bits per heavy atom. The van der Waals surface area contributed by atoms with Crippen LogP contribution < -0.4 is 0 Å². The lowest BCUT2D eigenvalue weighted by Crippen LogP contribution is -2.43. The minimum atomic E-state index is -0.951. The zero-order chi connectivity index (χ0) is 21.4. The molecule has 1 aliphatic carbocycles. The summed E-state index contributed by atoms with van der Waals surface area (Å²) in [4.78, 5) is 28.6. The average molecular weight is 421 g/mol. The minimum Gasteiger partial charge on any atom is -0.480 e. The summed E-state index contributed by atoms with van der Waals surface area (Å²) in [5.41, 5.74) is 4.65. The average Bonchev–Trinajstić information content (AvgIpc) is 3.39. The zero-order valence-corrected chi connectivity index (χ0v) is 17.6. The van der Waals surface area contributed by atoms with Crippen LogP contribution in [0.4, 0.5) is 4.79 Å². The van der Waals surface area contributed by atoms with Gasteiger partial charge in [-0.2, -0.15) is 0 Å². The number of hydrogen-bond donors (Lipinski definition) is 1. The zero-order valence-electron chi connectivity index (χ0n) is 17.6. The van der Waals surface area contributed by atoms with Crippen LogP contribution in [-0.2, 0) is 9.53 Å². The first-order valence-corrected chi connectivity index (χ1v) is 11.2. The molecule has 2 aliphatic heterocycles. The van der Waals surface area contributed by atoms with Gasteiger partial charge in [-0.05, 0) is 54.6 Å². The lowest BCUT2D eigenvalue weighted by Gasteiger charge is -2.31. The summed E-state index contributed by atoms with van der Waals surface area (Å²) in [6.45, 7) is 2.60. The minimum absolute atomic E-state index is 0.0277. The first kappa shape index (κ1) is 20.1. The number of aliphatic carboxylic acids is 1. The van der Waals surface area contributed by atoms with Crippen molar-refractivity contribution in [1.29, 1.82) is 0 Å². The molecule has 31 heavy (non-hydrogen) atoms. The molecule has 6 nitrogen and oxygen atoms in total. The fourth-order valence-electron chi connectivity index (χ4n) is 5.47. The number of hydrogen-bond acceptors (Lipinski definition) is 4. The molecular weight excluding hydrogens is 392 g/mol. The highest BCUT2D eigenvalue weighted by Crippen LogP contribution is 2.44. The Labute approximate surface area is 182 Å². The van der Waals surface area contributed by atoms with Gasteiger partial charge in [0, 0.05) is 18.5 Å². The van der Waals surface area contributed by atoms with Gasteiger partial charge in [0.1, 0.15) is 12.6 Å². The Morgan fingerprint density at radius 2 is 1.55 bits per heavy atom. The van der Waals surface area contributed by atoms with Crippen LogP contribution >= 0.6 is 0 Å². The van der Waals surface area contributed by atoms with Crippen LogP contribution in [0.3, 0.4) is 0 Å². The van der Waals surface area contributed by atoms with Crippen LogP contribution in [-0.4, -0.2) is 65.3 Å². The fourth-order valence-corrected chi connectivity index (χ4v) is 5.47. The van der Waals surface area contributed by atoms with Gasteiger partial charge in [0.05, 0.1) is 0 Å². The van der Waals surface area contributed by atoms with Gasteiger partial charge in [0.25, 0.3) is 0 Å². The predicted molar refractivity (Wildman–Crippen MR) is 117 cm³/mol. The third-order valence-electron chi connectivity index (χ3n) is 7.04. The van der Waals surface area contributed by atoms with E-state index in [0.717, 1.165) is 37.1 Å². The van der Waals surface area contributed by atoms with E-state index in [1.807, 2.05) is 24.3 Å². The highest BCUT2D eigenvalue weighted by molar-refractivity contribution is 5.82. The van der Waals surface area contributed by atoms with Crippen molar-refractivity contribution in [3.8, 4) is 11.1 Å². The number of fused-ring (bicyclic) bond motifs is 3. The van der Waals surface area contributed by atoms with Gasteiger partial charge in [-0.1, -0.05) is 55.0 Å². The van der Waals surface area contributed by atoms with Crippen LogP contribution in [0.1, 0.15) is 42.7 Å². The van der Waals surface area contributed by atoms with Crippen molar-refractivity contribution in [3.63, 3.8) is 0 Å². The lowest BCUT2D eigenvalue weighted by atomic mass is 9.98. The number of rotatable bonds is 4. The summed E-state index contributed by atoms with van der Waals surface area (Å²) >= 11 is 0. The summed E-state index contributed by atoms with van der Waals surface area (Å²) < 4.78 is 5.74. The van der Waals surface area contributed by atoms with Crippen LogP contribution in [0, 0.1) is 0 Å². The van der Waals surface area contributed by atoms with Gasteiger partial charge >= 0.3 is 12.1 Å². The molecule has 2 heterocycles. The predicted octanol–water partition coefficient (Wildman–Crippen LogP) is 3.95. The van der Waals surface area contributed by atoms with E-state index in [9.17, 15) is 14.7 Å². The van der Waals surface area contributed by atoms with Gasteiger partial charge in [-0.15, -0.1) is 0 Å². The molecule has 2 fully saturated rings. The van der Waals surface area contributed by atoms with Crippen molar-refractivity contribution in [2.24, 2.45) is 0 Å². The molecule has 2 aromatic rings.